The van der Waals surface area contributed by atoms with Crippen molar-refractivity contribution in [3.63, 3.8) is 0 Å². The number of likely N-dealkylation sites (N-methyl/N-ethyl adjacent to an activating group) is 1. The van der Waals surface area contributed by atoms with E-state index in [2.05, 4.69) is 5.32 Å². The number of nitrogens with one attached hydrogen (secondary N) is 1. The van der Waals surface area contributed by atoms with Gasteiger partial charge in [0.05, 0.1) is 22.7 Å². The third-order valence-electron chi connectivity index (χ3n) is 3.01. The fourth-order valence-corrected chi connectivity index (χ4v) is 2.10. The first kappa shape index (κ1) is 14.6. The number of likely N-dealkylation sites (tertiary alicyclic amines) is 1. The molecule has 2 rings (SSSR count). The number of alkyl halides is 3. The van der Waals surface area contributed by atoms with Crippen molar-refractivity contribution in [1.29, 1.82) is 0 Å². The lowest BCUT2D eigenvalue weighted by atomic mass is 10.1. The zero-order chi connectivity index (χ0) is 15.1. The molecule has 1 heterocycles. The maximum Gasteiger partial charge on any atom is 0.416 e. The summed E-state index contributed by atoms with van der Waals surface area (Å²) in [6, 6.07) is 1.97. The summed E-state index contributed by atoms with van der Waals surface area (Å²) in [5.74, 6) is -0.790. The van der Waals surface area contributed by atoms with Crippen molar-refractivity contribution in [3.05, 3.63) is 28.8 Å². The Morgan fingerprint density at radius 2 is 2.00 bits per heavy atom. The molecule has 1 N–H and O–H groups in total. The SMILES string of the molecule is CN1C(=O)CC(Nc2ccc(C(F)(F)F)cc2Cl)C1=O. The summed E-state index contributed by atoms with van der Waals surface area (Å²) in [5.41, 5.74) is -0.694. The van der Waals surface area contributed by atoms with Gasteiger partial charge in [-0.3, -0.25) is 14.5 Å². The fraction of sp³-hybridized carbons (Fsp3) is 0.333. The molecule has 8 heteroatoms. The summed E-state index contributed by atoms with van der Waals surface area (Å²) in [4.78, 5) is 24.0. The molecule has 0 saturated carbocycles. The van der Waals surface area contributed by atoms with Gasteiger partial charge in [0, 0.05) is 7.05 Å². The molecule has 1 saturated heterocycles. The molecule has 0 radical (unpaired) electrons. The van der Waals surface area contributed by atoms with Gasteiger partial charge < -0.3 is 5.32 Å². The Morgan fingerprint density at radius 1 is 1.35 bits per heavy atom. The number of halogens is 4. The van der Waals surface area contributed by atoms with Crippen molar-refractivity contribution in [2.75, 3.05) is 12.4 Å². The second-order valence-electron chi connectivity index (χ2n) is 4.38. The molecule has 0 spiro atoms. The summed E-state index contributed by atoms with van der Waals surface area (Å²) < 4.78 is 37.5. The van der Waals surface area contributed by atoms with Crippen molar-refractivity contribution in [2.24, 2.45) is 0 Å². The standard InChI is InChI=1S/C12H10ClF3N2O2/c1-18-10(19)5-9(11(18)20)17-8-3-2-6(4-7(8)13)12(14,15)16/h2-4,9,17H,5H2,1H3. The van der Waals surface area contributed by atoms with E-state index in [4.69, 9.17) is 11.6 Å². The average molecular weight is 307 g/mol. The molecular formula is C12H10ClF3N2O2. The van der Waals surface area contributed by atoms with Crippen LogP contribution in [0.4, 0.5) is 18.9 Å². The summed E-state index contributed by atoms with van der Waals surface area (Å²) in [5, 5.41) is 2.53. The Balaban J connectivity index is 2.19. The van der Waals surface area contributed by atoms with E-state index >= 15 is 0 Å². The van der Waals surface area contributed by atoms with Crippen LogP contribution in [0.15, 0.2) is 18.2 Å². The van der Waals surface area contributed by atoms with Crippen LogP contribution in [0.25, 0.3) is 0 Å². The van der Waals surface area contributed by atoms with Gasteiger partial charge in [-0.15, -0.1) is 0 Å². The fourth-order valence-electron chi connectivity index (χ4n) is 1.86. The molecule has 1 aliphatic rings. The molecule has 4 nitrogen and oxygen atoms in total. The molecule has 1 aromatic rings. The summed E-state index contributed by atoms with van der Waals surface area (Å²) in [6.45, 7) is 0. The zero-order valence-corrected chi connectivity index (χ0v) is 11.0. The molecule has 1 unspecified atom stereocenters. The number of hydrogen-bond acceptors (Lipinski definition) is 3. The highest BCUT2D eigenvalue weighted by molar-refractivity contribution is 6.33. The number of amides is 2. The van der Waals surface area contributed by atoms with Crippen molar-refractivity contribution < 1.29 is 22.8 Å². The van der Waals surface area contributed by atoms with Gasteiger partial charge in [-0.1, -0.05) is 11.6 Å². The maximum atomic E-state index is 12.5. The van der Waals surface area contributed by atoms with E-state index in [1.807, 2.05) is 0 Å². The second-order valence-corrected chi connectivity index (χ2v) is 4.79. The van der Waals surface area contributed by atoms with Crippen molar-refractivity contribution in [2.45, 2.75) is 18.6 Å². The maximum absolute atomic E-state index is 12.5. The van der Waals surface area contributed by atoms with Crippen molar-refractivity contribution in [3.8, 4) is 0 Å². The molecule has 0 aromatic heterocycles. The highest BCUT2D eigenvalue weighted by Crippen LogP contribution is 2.34. The molecule has 2 amide bonds. The minimum absolute atomic E-state index is 0.0489. The number of anilines is 1. The van der Waals surface area contributed by atoms with Gasteiger partial charge in [0.15, 0.2) is 0 Å². The van der Waals surface area contributed by atoms with Gasteiger partial charge >= 0.3 is 6.18 Å². The van der Waals surface area contributed by atoms with Gasteiger partial charge in [-0.05, 0) is 18.2 Å². The lowest BCUT2D eigenvalue weighted by molar-refractivity contribution is -0.138. The lowest BCUT2D eigenvalue weighted by Crippen LogP contribution is -2.31. The van der Waals surface area contributed by atoms with E-state index in [-0.39, 0.29) is 23.0 Å². The van der Waals surface area contributed by atoms with Gasteiger partial charge in [0.2, 0.25) is 5.91 Å². The van der Waals surface area contributed by atoms with Gasteiger partial charge in [0.25, 0.3) is 5.91 Å². The molecule has 1 aromatic carbocycles. The van der Waals surface area contributed by atoms with Gasteiger partial charge in [-0.25, -0.2) is 0 Å². The zero-order valence-electron chi connectivity index (χ0n) is 10.3. The van der Waals surface area contributed by atoms with Crippen LogP contribution in [0, 0.1) is 0 Å². The normalized spacial score (nSPS) is 19.6. The number of hydrogen-bond donors (Lipinski definition) is 1. The van der Waals surface area contributed by atoms with Crippen LogP contribution in [0.2, 0.25) is 5.02 Å². The van der Waals surface area contributed by atoms with Crippen LogP contribution >= 0.6 is 11.6 Å². The average Bonchev–Trinajstić information content (AvgIpc) is 2.58. The smallest absolute Gasteiger partial charge is 0.372 e. The highest BCUT2D eigenvalue weighted by Gasteiger charge is 2.36. The topological polar surface area (TPSA) is 49.4 Å². The van der Waals surface area contributed by atoms with Crippen LogP contribution in [0.1, 0.15) is 12.0 Å². The first-order chi connectivity index (χ1) is 9.20. The van der Waals surface area contributed by atoms with Crippen LogP contribution in [0.5, 0.6) is 0 Å². The van der Waals surface area contributed by atoms with E-state index in [1.54, 1.807) is 0 Å². The predicted octanol–water partition coefficient (Wildman–Crippen LogP) is 2.53. The first-order valence-corrected chi connectivity index (χ1v) is 6.01. The minimum atomic E-state index is -4.48. The first-order valence-electron chi connectivity index (χ1n) is 5.64. The quantitative estimate of drug-likeness (QED) is 0.854. The number of carbonyl (C=O) groups excluding carboxylic acids is 2. The Kier molecular flexibility index (Phi) is 3.64. The number of carbonyl (C=O) groups is 2. The Labute approximate surface area is 117 Å². The molecule has 1 atom stereocenters. The van der Waals surface area contributed by atoms with E-state index in [9.17, 15) is 22.8 Å². The summed E-state index contributed by atoms with van der Waals surface area (Å²) in [6.07, 6.45) is -4.53. The van der Waals surface area contributed by atoms with Gasteiger partial charge in [-0.2, -0.15) is 13.2 Å². The third kappa shape index (κ3) is 2.72. The number of imide groups is 1. The second kappa shape index (κ2) is 4.97. The van der Waals surface area contributed by atoms with E-state index in [0.29, 0.717) is 0 Å². The van der Waals surface area contributed by atoms with E-state index in [0.717, 1.165) is 23.1 Å². The third-order valence-corrected chi connectivity index (χ3v) is 3.32. The predicted molar refractivity (Wildman–Crippen MR) is 66.3 cm³/mol. The molecule has 1 aliphatic heterocycles. The van der Waals surface area contributed by atoms with Crippen molar-refractivity contribution >= 4 is 29.1 Å². The lowest BCUT2D eigenvalue weighted by Gasteiger charge is -2.15. The number of rotatable bonds is 2. The van der Waals surface area contributed by atoms with Crippen LogP contribution in [-0.4, -0.2) is 29.8 Å². The largest absolute Gasteiger partial charge is 0.416 e. The van der Waals surface area contributed by atoms with Crippen molar-refractivity contribution in [1.82, 2.24) is 4.90 Å². The number of nitrogens with zero attached hydrogens (tertiary/aromatic N) is 1. The minimum Gasteiger partial charge on any atom is -0.372 e. The number of benzene rings is 1. The molecule has 0 aliphatic carbocycles. The molecule has 108 valence electrons. The van der Waals surface area contributed by atoms with E-state index in [1.165, 1.54) is 7.05 Å². The van der Waals surface area contributed by atoms with Crippen LogP contribution in [0.3, 0.4) is 0 Å². The Hall–Kier alpha value is -1.76. The van der Waals surface area contributed by atoms with Crippen LogP contribution < -0.4 is 5.32 Å². The Morgan fingerprint density at radius 3 is 2.45 bits per heavy atom. The monoisotopic (exact) mass is 306 g/mol. The molecule has 0 bridgehead atoms. The molecule has 1 fully saturated rings. The molecule has 20 heavy (non-hydrogen) atoms. The highest BCUT2D eigenvalue weighted by atomic mass is 35.5. The molecular weight excluding hydrogens is 297 g/mol. The van der Waals surface area contributed by atoms with Crippen LogP contribution in [-0.2, 0) is 15.8 Å². The summed E-state index contributed by atoms with van der Waals surface area (Å²) >= 11 is 5.76. The van der Waals surface area contributed by atoms with Gasteiger partial charge in [0.1, 0.15) is 6.04 Å². The Bertz CT molecular complexity index is 574. The van der Waals surface area contributed by atoms with E-state index < -0.39 is 23.7 Å². The summed E-state index contributed by atoms with van der Waals surface area (Å²) in [7, 11) is 1.35.